The van der Waals surface area contributed by atoms with Crippen LogP contribution < -0.4 is 4.90 Å². The molecule has 0 amide bonds. The van der Waals surface area contributed by atoms with E-state index in [4.69, 9.17) is 0 Å². The molecule has 0 saturated carbocycles. The molecule has 0 atom stereocenters. The molecule has 0 unspecified atom stereocenters. The van der Waals surface area contributed by atoms with Gasteiger partial charge in [0.1, 0.15) is 0 Å². The highest BCUT2D eigenvalue weighted by atomic mass is 32.1. The monoisotopic (exact) mass is 805 g/mol. The average molecular weight is 806 g/mol. The predicted molar refractivity (Wildman–Crippen MR) is 268 cm³/mol. The summed E-state index contributed by atoms with van der Waals surface area (Å²) in [6.45, 7) is 0. The number of hydrogen-bond acceptors (Lipinski definition) is 2. The van der Waals surface area contributed by atoms with Crippen LogP contribution in [0.2, 0.25) is 0 Å². The maximum Gasteiger partial charge on any atom is 0.0468 e. The van der Waals surface area contributed by atoms with Crippen molar-refractivity contribution in [3.8, 4) is 44.5 Å². The largest absolute Gasteiger partial charge is 0.310 e. The molecule has 0 N–H and O–H groups in total. The van der Waals surface area contributed by atoms with Crippen molar-refractivity contribution < 1.29 is 0 Å². The van der Waals surface area contributed by atoms with Gasteiger partial charge in [0.2, 0.25) is 0 Å². The lowest BCUT2D eigenvalue weighted by atomic mass is 9.96. The van der Waals surface area contributed by atoms with Crippen LogP contribution in [0.15, 0.2) is 237 Å². The summed E-state index contributed by atoms with van der Waals surface area (Å²) in [5, 5.41) is 10.1. The Labute approximate surface area is 365 Å². The molecule has 290 valence electrons. The average Bonchev–Trinajstić information content (AvgIpc) is 3.74. The van der Waals surface area contributed by atoms with Gasteiger partial charge in [0.05, 0.1) is 0 Å². The normalized spacial score (nSPS) is 11.5. The molecular formula is C60H39NS. The number of nitrogens with zero attached hydrogens (tertiary/aromatic N) is 1. The van der Waals surface area contributed by atoms with Gasteiger partial charge in [0, 0.05) is 37.2 Å². The molecule has 0 bridgehead atoms. The SMILES string of the molecule is c1ccc(-c2ccc(-c3cccc4c3sc3c(-c5cccc(-c6ccc(N(c7ccc8ccccc8c7)c7ccc8c(ccc9ccccc98)c7)cc6)c5)cccc34)cc2)cc1. The van der Waals surface area contributed by atoms with E-state index in [1.165, 1.54) is 97.0 Å². The van der Waals surface area contributed by atoms with Gasteiger partial charge in [-0.15, -0.1) is 11.3 Å². The van der Waals surface area contributed by atoms with E-state index in [0.29, 0.717) is 0 Å². The molecule has 1 heterocycles. The van der Waals surface area contributed by atoms with Gasteiger partial charge in [0.15, 0.2) is 0 Å². The van der Waals surface area contributed by atoms with Crippen LogP contribution >= 0.6 is 11.3 Å². The highest BCUT2D eigenvalue weighted by Crippen LogP contribution is 2.45. The van der Waals surface area contributed by atoms with Crippen molar-refractivity contribution in [1.82, 2.24) is 0 Å². The molecule has 12 aromatic rings. The first-order chi connectivity index (χ1) is 30.7. The van der Waals surface area contributed by atoms with Crippen LogP contribution in [0.3, 0.4) is 0 Å². The zero-order valence-corrected chi connectivity index (χ0v) is 34.7. The Morgan fingerprint density at radius 1 is 0.242 bits per heavy atom. The van der Waals surface area contributed by atoms with Crippen LogP contribution in [0.25, 0.3) is 97.0 Å². The second-order valence-electron chi connectivity index (χ2n) is 16.1. The quantitative estimate of drug-likeness (QED) is 0.145. The summed E-state index contributed by atoms with van der Waals surface area (Å²) >= 11 is 1.90. The minimum Gasteiger partial charge on any atom is -0.310 e. The van der Waals surface area contributed by atoms with E-state index in [0.717, 1.165) is 17.1 Å². The van der Waals surface area contributed by atoms with E-state index in [1.54, 1.807) is 0 Å². The number of fused-ring (bicyclic) bond motifs is 7. The van der Waals surface area contributed by atoms with Crippen LogP contribution in [0.5, 0.6) is 0 Å². The molecule has 0 radical (unpaired) electrons. The molecule has 0 aliphatic heterocycles. The topological polar surface area (TPSA) is 3.24 Å². The maximum absolute atomic E-state index is 2.38. The summed E-state index contributed by atoms with van der Waals surface area (Å²) in [6, 6.07) is 86.6. The van der Waals surface area contributed by atoms with Gasteiger partial charge in [-0.25, -0.2) is 0 Å². The fourth-order valence-corrected chi connectivity index (χ4v) is 10.7. The third-order valence-electron chi connectivity index (χ3n) is 12.4. The molecule has 11 aromatic carbocycles. The summed E-state index contributed by atoms with van der Waals surface area (Å²) in [7, 11) is 0. The predicted octanol–water partition coefficient (Wildman–Crippen LogP) is 17.7. The molecule has 1 aromatic heterocycles. The zero-order valence-electron chi connectivity index (χ0n) is 33.9. The van der Waals surface area contributed by atoms with E-state index < -0.39 is 0 Å². The van der Waals surface area contributed by atoms with Crippen molar-refractivity contribution in [3.05, 3.63) is 237 Å². The Morgan fingerprint density at radius 2 is 0.710 bits per heavy atom. The maximum atomic E-state index is 2.38. The molecule has 62 heavy (non-hydrogen) atoms. The minimum absolute atomic E-state index is 1.11. The Morgan fingerprint density at radius 3 is 1.48 bits per heavy atom. The Balaban J connectivity index is 0.907. The zero-order chi connectivity index (χ0) is 41.0. The third kappa shape index (κ3) is 6.32. The Hall–Kier alpha value is -7.78. The molecule has 0 aliphatic carbocycles. The van der Waals surface area contributed by atoms with Gasteiger partial charge in [-0.05, 0) is 119 Å². The first-order valence-corrected chi connectivity index (χ1v) is 22.0. The smallest absolute Gasteiger partial charge is 0.0468 e. The molecule has 0 saturated heterocycles. The van der Waals surface area contributed by atoms with Gasteiger partial charge >= 0.3 is 0 Å². The Kier molecular flexibility index (Phi) is 8.76. The summed E-state index contributed by atoms with van der Waals surface area (Å²) in [4.78, 5) is 2.38. The molecule has 0 fully saturated rings. The minimum atomic E-state index is 1.11. The second-order valence-corrected chi connectivity index (χ2v) is 17.1. The number of benzene rings is 11. The number of anilines is 3. The summed E-state index contributed by atoms with van der Waals surface area (Å²) in [5.74, 6) is 0. The van der Waals surface area contributed by atoms with Crippen molar-refractivity contribution in [2.75, 3.05) is 4.90 Å². The number of thiophene rings is 1. The van der Waals surface area contributed by atoms with Gasteiger partial charge < -0.3 is 4.90 Å². The Bertz CT molecular complexity index is 3620. The van der Waals surface area contributed by atoms with Crippen molar-refractivity contribution in [3.63, 3.8) is 0 Å². The van der Waals surface area contributed by atoms with Crippen molar-refractivity contribution in [2.45, 2.75) is 0 Å². The van der Waals surface area contributed by atoms with Gasteiger partial charge in [-0.1, -0.05) is 194 Å². The summed E-state index contributed by atoms with van der Waals surface area (Å²) in [5.41, 5.74) is 13.2. The standard InChI is InChI=1S/C60H39NS/c1-2-11-40(12-3-1)42-23-25-45(26-24-42)55-19-9-21-57-58-22-10-20-56(60(58)62-59(55)57)48-17-8-16-46(37-48)43-29-32-50(33-30-43)61(51-34-31-41-13-4-5-15-47(41)38-51)52-35-36-54-49(39-52)28-27-44-14-6-7-18-53(44)54/h1-39H. The molecular weight excluding hydrogens is 767 g/mol. The molecule has 1 nitrogen and oxygen atoms in total. The number of rotatable bonds is 7. The molecule has 0 aliphatic rings. The lowest BCUT2D eigenvalue weighted by molar-refractivity contribution is 1.29. The molecule has 12 rings (SSSR count). The summed E-state index contributed by atoms with van der Waals surface area (Å²) < 4.78 is 2.64. The third-order valence-corrected chi connectivity index (χ3v) is 13.7. The lowest BCUT2D eigenvalue weighted by Crippen LogP contribution is -2.09. The van der Waals surface area contributed by atoms with Gasteiger partial charge in [-0.2, -0.15) is 0 Å². The van der Waals surface area contributed by atoms with Gasteiger partial charge in [-0.3, -0.25) is 0 Å². The highest BCUT2D eigenvalue weighted by molar-refractivity contribution is 7.26. The lowest BCUT2D eigenvalue weighted by Gasteiger charge is -2.26. The first-order valence-electron chi connectivity index (χ1n) is 21.2. The van der Waals surface area contributed by atoms with Crippen LogP contribution in [-0.2, 0) is 0 Å². The van der Waals surface area contributed by atoms with E-state index >= 15 is 0 Å². The molecule has 0 spiro atoms. The van der Waals surface area contributed by atoms with Crippen LogP contribution in [0, 0.1) is 0 Å². The van der Waals surface area contributed by atoms with Crippen molar-refractivity contribution in [1.29, 1.82) is 0 Å². The number of hydrogen-bond donors (Lipinski definition) is 0. The fourth-order valence-electron chi connectivity index (χ4n) is 9.32. The van der Waals surface area contributed by atoms with E-state index in [9.17, 15) is 0 Å². The van der Waals surface area contributed by atoms with Crippen molar-refractivity contribution in [2.24, 2.45) is 0 Å². The summed E-state index contributed by atoms with van der Waals surface area (Å²) in [6.07, 6.45) is 0. The van der Waals surface area contributed by atoms with E-state index in [-0.39, 0.29) is 0 Å². The van der Waals surface area contributed by atoms with Crippen LogP contribution in [-0.4, -0.2) is 0 Å². The molecule has 2 heteroatoms. The van der Waals surface area contributed by atoms with E-state index in [1.807, 2.05) is 11.3 Å². The van der Waals surface area contributed by atoms with Crippen LogP contribution in [0.1, 0.15) is 0 Å². The van der Waals surface area contributed by atoms with E-state index in [2.05, 4.69) is 241 Å². The highest BCUT2D eigenvalue weighted by Gasteiger charge is 2.17. The van der Waals surface area contributed by atoms with Crippen molar-refractivity contribution >= 4 is 80.9 Å². The second kappa shape index (κ2) is 15.0. The van der Waals surface area contributed by atoms with Crippen LogP contribution in [0.4, 0.5) is 17.1 Å². The first kappa shape index (κ1) is 36.1. The van der Waals surface area contributed by atoms with Gasteiger partial charge in [0.25, 0.3) is 0 Å². The fraction of sp³-hybridized carbons (Fsp3) is 0.